The van der Waals surface area contributed by atoms with Gasteiger partial charge in [-0.15, -0.1) is 13.2 Å². The van der Waals surface area contributed by atoms with Gasteiger partial charge in [-0.1, -0.05) is 41.4 Å². The van der Waals surface area contributed by atoms with Gasteiger partial charge in [0.25, 0.3) is 0 Å². The summed E-state index contributed by atoms with van der Waals surface area (Å²) in [6.07, 6.45) is -3.29. The lowest BCUT2D eigenvalue weighted by Crippen LogP contribution is -2.16. The Hall–Kier alpha value is -2.78. The van der Waals surface area contributed by atoms with Crippen LogP contribution in [0.25, 0.3) is 22.4 Å². The molecular formula is C19H12F4NO3S-. The van der Waals surface area contributed by atoms with Crippen LogP contribution < -0.4 is 4.74 Å². The van der Waals surface area contributed by atoms with Gasteiger partial charge in [0.05, 0.1) is 5.69 Å². The van der Waals surface area contributed by atoms with Crippen LogP contribution in [0.3, 0.4) is 0 Å². The molecule has 2 aromatic carbocycles. The minimum Gasteiger partial charge on any atom is -0.772 e. The quantitative estimate of drug-likeness (QED) is 0.446. The molecule has 0 amide bonds. The molecule has 4 nitrogen and oxygen atoms in total. The number of aromatic nitrogens is 1. The maximum atomic E-state index is 14.2. The van der Waals surface area contributed by atoms with Crippen molar-refractivity contribution in [1.29, 1.82) is 0 Å². The Bertz CT molecular complexity index is 1010. The normalized spacial score (nSPS) is 12.6. The number of rotatable bonds is 5. The molecule has 3 rings (SSSR count). The Morgan fingerprint density at radius 1 is 1.04 bits per heavy atom. The molecule has 1 atom stereocenters. The maximum Gasteiger partial charge on any atom is 0.573 e. The molecule has 0 bridgehead atoms. The van der Waals surface area contributed by atoms with E-state index in [1.54, 1.807) is 12.1 Å². The Morgan fingerprint density at radius 2 is 1.71 bits per heavy atom. The van der Waals surface area contributed by atoms with Crippen molar-refractivity contribution in [1.82, 2.24) is 4.98 Å². The molecule has 1 heterocycles. The first-order valence-electron chi connectivity index (χ1n) is 7.89. The summed E-state index contributed by atoms with van der Waals surface area (Å²) < 4.78 is 76.5. The third-order valence-electron chi connectivity index (χ3n) is 3.81. The highest BCUT2D eigenvalue weighted by molar-refractivity contribution is 7.78. The van der Waals surface area contributed by atoms with E-state index >= 15 is 0 Å². The van der Waals surface area contributed by atoms with Crippen LogP contribution in [0.4, 0.5) is 17.6 Å². The molecule has 3 aromatic rings. The van der Waals surface area contributed by atoms with Crippen molar-refractivity contribution in [2.45, 2.75) is 12.1 Å². The fourth-order valence-corrected chi connectivity index (χ4v) is 3.13. The van der Waals surface area contributed by atoms with Gasteiger partial charge in [-0.2, -0.15) is 0 Å². The number of pyridine rings is 1. The van der Waals surface area contributed by atoms with Crippen LogP contribution in [0.5, 0.6) is 5.75 Å². The van der Waals surface area contributed by atoms with Crippen LogP contribution in [0.15, 0.2) is 60.8 Å². The van der Waals surface area contributed by atoms with Crippen LogP contribution in [0, 0.1) is 5.82 Å². The first kappa shape index (κ1) is 20.0. The predicted octanol–water partition coefficient (Wildman–Crippen LogP) is 4.83. The second kappa shape index (κ2) is 8.07. The van der Waals surface area contributed by atoms with Crippen LogP contribution >= 0.6 is 0 Å². The summed E-state index contributed by atoms with van der Waals surface area (Å²) >= 11 is -2.42. The van der Waals surface area contributed by atoms with Crippen molar-refractivity contribution >= 4 is 11.1 Å². The molecule has 0 aliphatic rings. The van der Waals surface area contributed by atoms with Crippen molar-refractivity contribution in [3.63, 3.8) is 0 Å². The number of ether oxygens (including phenoxy) is 1. The van der Waals surface area contributed by atoms with Gasteiger partial charge in [0.2, 0.25) is 0 Å². The zero-order valence-electron chi connectivity index (χ0n) is 14.1. The zero-order chi connectivity index (χ0) is 20.3. The van der Waals surface area contributed by atoms with Gasteiger partial charge in [-0.3, -0.25) is 9.19 Å². The first-order chi connectivity index (χ1) is 13.2. The van der Waals surface area contributed by atoms with E-state index in [1.807, 2.05) is 0 Å². The highest BCUT2D eigenvalue weighted by Gasteiger charge is 2.31. The largest absolute Gasteiger partial charge is 0.772 e. The number of benzene rings is 2. The van der Waals surface area contributed by atoms with Gasteiger partial charge >= 0.3 is 6.36 Å². The molecule has 1 unspecified atom stereocenters. The van der Waals surface area contributed by atoms with Crippen LogP contribution in [0.2, 0.25) is 0 Å². The number of hydrogen-bond donors (Lipinski definition) is 0. The van der Waals surface area contributed by atoms with Crippen molar-refractivity contribution < 1.29 is 31.1 Å². The summed E-state index contributed by atoms with van der Waals surface area (Å²) in [6.45, 7) is 0. The second-order valence-corrected chi connectivity index (χ2v) is 6.62. The van der Waals surface area contributed by atoms with E-state index in [4.69, 9.17) is 0 Å². The number of nitrogens with zero attached hydrogens (tertiary/aromatic N) is 1. The first-order valence-corrected chi connectivity index (χ1v) is 9.13. The topological polar surface area (TPSA) is 62.2 Å². The second-order valence-electron chi connectivity index (χ2n) is 5.73. The predicted molar refractivity (Wildman–Crippen MR) is 94.4 cm³/mol. The minimum atomic E-state index is -4.78. The summed E-state index contributed by atoms with van der Waals surface area (Å²) in [6, 6.07) is 12.6. The molecule has 0 radical (unpaired) electrons. The Labute approximate surface area is 160 Å². The summed E-state index contributed by atoms with van der Waals surface area (Å²) in [5.74, 6) is -1.49. The van der Waals surface area contributed by atoms with E-state index in [2.05, 4.69) is 9.72 Å². The number of hydrogen-bond acceptors (Lipinski definition) is 4. The Morgan fingerprint density at radius 3 is 2.32 bits per heavy atom. The van der Waals surface area contributed by atoms with Crippen molar-refractivity contribution in [3.8, 4) is 28.1 Å². The van der Waals surface area contributed by atoms with Crippen LogP contribution in [-0.2, 0) is 16.8 Å². The molecule has 0 aliphatic carbocycles. The molecule has 0 spiro atoms. The SMILES string of the molecule is O=S([O-])Cc1ccc(-c2ncccc2-c2ccc(OC(F)(F)F)cc2)cc1F. The lowest BCUT2D eigenvalue weighted by Gasteiger charge is -2.12. The standard InChI is InChI=1S/C19H13F4NO3S/c20-17-10-13(3-4-14(17)11-28(25)26)18-16(2-1-9-24-18)12-5-7-15(8-6-12)27-19(21,22)23/h1-10H,11H2,(H,25,26)/p-1. The summed E-state index contributed by atoms with van der Waals surface area (Å²) in [5, 5.41) is 0. The van der Waals surface area contributed by atoms with Crippen LogP contribution in [0.1, 0.15) is 5.56 Å². The fourth-order valence-electron chi connectivity index (χ4n) is 2.64. The van der Waals surface area contributed by atoms with E-state index in [0.29, 0.717) is 22.4 Å². The zero-order valence-corrected chi connectivity index (χ0v) is 14.9. The van der Waals surface area contributed by atoms with E-state index in [1.165, 1.54) is 48.7 Å². The van der Waals surface area contributed by atoms with E-state index in [9.17, 15) is 26.3 Å². The highest BCUT2D eigenvalue weighted by Crippen LogP contribution is 2.33. The van der Waals surface area contributed by atoms with Crippen molar-refractivity contribution in [2.24, 2.45) is 0 Å². The molecule has 28 heavy (non-hydrogen) atoms. The molecular weight excluding hydrogens is 398 g/mol. The highest BCUT2D eigenvalue weighted by atomic mass is 32.2. The fraction of sp³-hybridized carbons (Fsp3) is 0.105. The summed E-state index contributed by atoms with van der Waals surface area (Å²) in [5.41, 5.74) is 1.97. The lowest BCUT2D eigenvalue weighted by molar-refractivity contribution is -0.274. The average Bonchev–Trinajstić information content (AvgIpc) is 2.62. The summed E-state index contributed by atoms with van der Waals surface area (Å²) in [4.78, 5) is 4.24. The molecule has 0 saturated carbocycles. The molecule has 0 N–H and O–H groups in total. The molecule has 1 aromatic heterocycles. The number of halogens is 4. The third kappa shape index (κ3) is 4.93. The molecule has 0 saturated heterocycles. The minimum absolute atomic E-state index is 0.0308. The maximum absolute atomic E-state index is 14.2. The van der Waals surface area contributed by atoms with E-state index < -0.39 is 29.0 Å². The van der Waals surface area contributed by atoms with Gasteiger partial charge in [0.15, 0.2) is 0 Å². The summed E-state index contributed by atoms with van der Waals surface area (Å²) in [7, 11) is 0. The number of alkyl halides is 3. The third-order valence-corrected chi connectivity index (χ3v) is 4.35. The van der Waals surface area contributed by atoms with Crippen LogP contribution in [-0.4, -0.2) is 20.1 Å². The molecule has 0 aliphatic heterocycles. The van der Waals surface area contributed by atoms with Gasteiger partial charge in [0, 0.05) is 23.1 Å². The average molecular weight is 410 g/mol. The smallest absolute Gasteiger partial charge is 0.573 e. The van der Waals surface area contributed by atoms with Gasteiger partial charge in [-0.25, -0.2) is 4.39 Å². The monoisotopic (exact) mass is 410 g/mol. The van der Waals surface area contributed by atoms with E-state index in [-0.39, 0.29) is 11.3 Å². The van der Waals surface area contributed by atoms with Gasteiger partial charge in [0.1, 0.15) is 11.6 Å². The van der Waals surface area contributed by atoms with Gasteiger partial charge in [-0.05, 0) is 35.4 Å². The van der Waals surface area contributed by atoms with Gasteiger partial charge < -0.3 is 9.29 Å². The molecule has 9 heteroatoms. The lowest BCUT2D eigenvalue weighted by atomic mass is 9.98. The van der Waals surface area contributed by atoms with Crippen molar-refractivity contribution in [3.05, 3.63) is 72.2 Å². The Kier molecular flexibility index (Phi) is 5.76. The molecule has 0 fully saturated rings. The molecule has 146 valence electrons. The van der Waals surface area contributed by atoms with E-state index in [0.717, 1.165) is 0 Å². The van der Waals surface area contributed by atoms with Crippen molar-refractivity contribution in [2.75, 3.05) is 0 Å². The Balaban J connectivity index is 1.96.